The number of hydrogen-bond donors (Lipinski definition) is 3. The van der Waals surface area contributed by atoms with Gasteiger partial charge in [-0.2, -0.15) is 0 Å². The van der Waals surface area contributed by atoms with E-state index < -0.39 is 11.9 Å². The molecule has 0 saturated heterocycles. The molecule has 0 spiro atoms. The third-order valence-electron chi connectivity index (χ3n) is 3.84. The van der Waals surface area contributed by atoms with Gasteiger partial charge in [0.25, 0.3) is 0 Å². The fourth-order valence-electron chi connectivity index (χ4n) is 2.51. The second-order valence-corrected chi connectivity index (χ2v) is 5.77. The maximum absolute atomic E-state index is 11.1. The molecule has 2 radical (unpaired) electrons. The summed E-state index contributed by atoms with van der Waals surface area (Å²) in [6.45, 7) is 2.98. The Balaban J connectivity index is 0. The minimum atomic E-state index is -1.22. The van der Waals surface area contributed by atoms with Crippen LogP contribution in [0.4, 0.5) is 5.69 Å². The number of rotatable bonds is 12. The van der Waals surface area contributed by atoms with E-state index >= 15 is 0 Å². The van der Waals surface area contributed by atoms with Crippen LogP contribution in [0.1, 0.15) is 79.0 Å². The van der Waals surface area contributed by atoms with Crippen molar-refractivity contribution in [1.82, 2.24) is 0 Å². The van der Waals surface area contributed by atoms with E-state index in [9.17, 15) is 9.59 Å². The zero-order valence-corrected chi connectivity index (χ0v) is 19.8. The molecule has 7 heteroatoms. The van der Waals surface area contributed by atoms with Crippen molar-refractivity contribution >= 4 is 76.7 Å². The van der Waals surface area contributed by atoms with Gasteiger partial charge in [0.1, 0.15) is 0 Å². The molecule has 0 aliphatic heterocycles. The number of hydrogen-bond acceptors (Lipinski definition) is 3. The van der Waals surface area contributed by atoms with Crippen molar-refractivity contribution in [3.63, 3.8) is 0 Å². The molecule has 0 heterocycles. The Bertz CT molecular complexity index is 524. The second-order valence-electron chi connectivity index (χ2n) is 5.77. The number of carbonyl (C=O) groups is 2. The predicted octanol–water partition coefficient (Wildman–Crippen LogP) is 3.87. The fourth-order valence-corrected chi connectivity index (χ4v) is 2.51. The molecular formula is C18H27NNa2O4. The molecule has 130 valence electrons. The van der Waals surface area contributed by atoms with Crippen LogP contribution in [0.15, 0.2) is 18.2 Å². The molecule has 0 aliphatic rings. The predicted molar refractivity (Wildman–Crippen MR) is 103 cm³/mol. The Hall–Kier alpha value is -0.0400. The van der Waals surface area contributed by atoms with Crippen LogP contribution < -0.4 is 5.32 Å². The summed E-state index contributed by atoms with van der Waals surface area (Å²) < 4.78 is 0. The third-order valence-corrected chi connectivity index (χ3v) is 3.84. The molecule has 0 aromatic heterocycles. The first-order valence-electron chi connectivity index (χ1n) is 8.40. The van der Waals surface area contributed by atoms with Crippen molar-refractivity contribution in [1.29, 1.82) is 0 Å². The number of carboxylic acids is 2. The van der Waals surface area contributed by atoms with Gasteiger partial charge in [-0.1, -0.05) is 51.9 Å². The zero-order valence-electron chi connectivity index (χ0n) is 15.8. The molecule has 1 aromatic rings. The van der Waals surface area contributed by atoms with Crippen LogP contribution >= 0.6 is 0 Å². The standard InChI is InChI=1S/C18H27NO4.2Na/c1-2-3-4-5-6-7-8-9-12-19-14-10-11-15(17(20)21)16(13-14)18(22)23;;/h10-11,13,19H,2-9,12H2,1H3,(H,20,21)(H,22,23);;. The van der Waals surface area contributed by atoms with Crippen molar-refractivity contribution in [3.05, 3.63) is 29.3 Å². The Labute approximate surface area is 194 Å². The van der Waals surface area contributed by atoms with Crippen LogP contribution in [0.5, 0.6) is 0 Å². The van der Waals surface area contributed by atoms with Crippen LogP contribution in [0, 0.1) is 0 Å². The maximum Gasteiger partial charge on any atom is 0.336 e. The molecule has 0 atom stereocenters. The normalized spacial score (nSPS) is 9.64. The van der Waals surface area contributed by atoms with Crippen molar-refractivity contribution in [2.24, 2.45) is 0 Å². The van der Waals surface area contributed by atoms with Gasteiger partial charge in [0.05, 0.1) is 11.1 Å². The molecule has 0 fully saturated rings. The summed E-state index contributed by atoms with van der Waals surface area (Å²) in [4.78, 5) is 22.1. The molecular weight excluding hydrogens is 340 g/mol. The molecule has 0 aliphatic carbocycles. The summed E-state index contributed by atoms with van der Waals surface area (Å²) in [5, 5.41) is 21.2. The molecule has 3 N–H and O–H groups in total. The van der Waals surface area contributed by atoms with Crippen LogP contribution in [-0.2, 0) is 0 Å². The smallest absolute Gasteiger partial charge is 0.336 e. The molecule has 5 nitrogen and oxygen atoms in total. The van der Waals surface area contributed by atoms with Gasteiger partial charge in [-0.15, -0.1) is 0 Å². The Morgan fingerprint density at radius 3 is 1.88 bits per heavy atom. The molecule has 0 bridgehead atoms. The van der Waals surface area contributed by atoms with E-state index in [1.54, 1.807) is 6.07 Å². The van der Waals surface area contributed by atoms with Crippen molar-refractivity contribution < 1.29 is 19.8 Å². The van der Waals surface area contributed by atoms with Gasteiger partial charge in [0.2, 0.25) is 0 Å². The van der Waals surface area contributed by atoms with Gasteiger partial charge >= 0.3 is 11.9 Å². The Kier molecular flexibility index (Phi) is 17.6. The summed E-state index contributed by atoms with van der Waals surface area (Å²) in [6.07, 6.45) is 9.89. The van der Waals surface area contributed by atoms with Crippen LogP contribution in [-0.4, -0.2) is 87.8 Å². The topological polar surface area (TPSA) is 86.6 Å². The van der Waals surface area contributed by atoms with Gasteiger partial charge < -0.3 is 15.5 Å². The first-order chi connectivity index (χ1) is 11.1. The van der Waals surface area contributed by atoms with E-state index in [0.29, 0.717) is 5.69 Å². The molecule has 0 amide bonds. The number of aromatic carboxylic acids is 2. The average Bonchev–Trinajstić information content (AvgIpc) is 2.53. The van der Waals surface area contributed by atoms with E-state index in [4.69, 9.17) is 10.2 Å². The largest absolute Gasteiger partial charge is 0.478 e. The van der Waals surface area contributed by atoms with Gasteiger partial charge in [-0.3, -0.25) is 0 Å². The van der Waals surface area contributed by atoms with Gasteiger partial charge in [-0.05, 0) is 24.6 Å². The monoisotopic (exact) mass is 367 g/mol. The molecule has 1 rings (SSSR count). The van der Waals surface area contributed by atoms with E-state index in [1.807, 2.05) is 0 Å². The summed E-state index contributed by atoms with van der Waals surface area (Å²) in [5.41, 5.74) is 0.281. The number of benzene rings is 1. The van der Waals surface area contributed by atoms with Crippen LogP contribution in [0.3, 0.4) is 0 Å². The minimum absolute atomic E-state index is 0. The first-order valence-corrected chi connectivity index (χ1v) is 8.40. The quantitative estimate of drug-likeness (QED) is 0.386. The minimum Gasteiger partial charge on any atom is -0.478 e. The molecule has 1 aromatic carbocycles. The summed E-state index contributed by atoms with van der Waals surface area (Å²) in [7, 11) is 0. The number of anilines is 1. The van der Waals surface area contributed by atoms with Gasteiger partial charge in [0, 0.05) is 71.3 Å². The van der Waals surface area contributed by atoms with E-state index in [0.717, 1.165) is 19.4 Å². The van der Waals surface area contributed by atoms with Crippen LogP contribution in [0.25, 0.3) is 0 Å². The summed E-state index contributed by atoms with van der Waals surface area (Å²) >= 11 is 0. The first kappa shape index (κ1) is 27.2. The summed E-state index contributed by atoms with van der Waals surface area (Å²) in [5.74, 6) is -2.45. The third kappa shape index (κ3) is 11.3. The Morgan fingerprint density at radius 2 is 1.36 bits per heavy atom. The molecule has 25 heavy (non-hydrogen) atoms. The zero-order chi connectivity index (χ0) is 17.1. The van der Waals surface area contributed by atoms with Crippen molar-refractivity contribution in [3.8, 4) is 0 Å². The second kappa shape index (κ2) is 16.2. The van der Waals surface area contributed by atoms with E-state index in [2.05, 4.69) is 12.2 Å². The number of carboxylic acid groups (broad SMARTS) is 2. The number of nitrogens with one attached hydrogen (secondary N) is 1. The van der Waals surface area contributed by atoms with Crippen molar-refractivity contribution in [2.45, 2.75) is 58.3 Å². The van der Waals surface area contributed by atoms with E-state index in [-0.39, 0.29) is 70.2 Å². The molecule has 0 unspecified atom stereocenters. The maximum atomic E-state index is 11.1. The van der Waals surface area contributed by atoms with E-state index in [1.165, 1.54) is 50.7 Å². The van der Waals surface area contributed by atoms with Crippen LogP contribution in [0.2, 0.25) is 0 Å². The fraction of sp³-hybridized carbons (Fsp3) is 0.556. The Morgan fingerprint density at radius 1 is 0.840 bits per heavy atom. The SMILES string of the molecule is CCCCCCCCCCNc1ccc(C(=O)O)c(C(=O)O)c1.[Na].[Na]. The summed E-state index contributed by atoms with van der Waals surface area (Å²) in [6, 6.07) is 4.33. The van der Waals surface area contributed by atoms with Gasteiger partial charge in [-0.25, -0.2) is 9.59 Å². The number of unbranched alkanes of at least 4 members (excludes halogenated alkanes) is 7. The average molecular weight is 367 g/mol. The molecule has 0 saturated carbocycles. The van der Waals surface area contributed by atoms with Crippen molar-refractivity contribution in [2.75, 3.05) is 11.9 Å². The van der Waals surface area contributed by atoms with Gasteiger partial charge in [0.15, 0.2) is 0 Å².